The first-order valence-corrected chi connectivity index (χ1v) is 13.2. The Bertz CT molecular complexity index is 1740. The largest absolute Gasteiger partial charge is 0.744 e. The van der Waals surface area contributed by atoms with Crippen LogP contribution in [0.1, 0.15) is 46.5 Å². The molecule has 11 heteroatoms. The summed E-state index contributed by atoms with van der Waals surface area (Å²) in [5, 5.41) is 19.4. The number of nitrogen functional groups attached to an aromatic ring is 1. The van der Waals surface area contributed by atoms with Gasteiger partial charge in [-0.3, -0.25) is 10.2 Å². The van der Waals surface area contributed by atoms with Crippen LogP contribution in [-0.2, 0) is 10.1 Å². The number of carboxylic acid groups (broad SMARTS) is 1. The first-order chi connectivity index (χ1) is 17.8. The summed E-state index contributed by atoms with van der Waals surface area (Å²) in [6.07, 6.45) is 0.762. The van der Waals surface area contributed by atoms with Crippen LogP contribution in [0.2, 0.25) is 0 Å². The normalized spacial score (nSPS) is 11.8. The molecule has 0 saturated heterocycles. The molecule has 0 unspecified atom stereocenters. The van der Waals surface area contributed by atoms with E-state index < -0.39 is 26.9 Å². The molecule has 1 aliphatic heterocycles. The van der Waals surface area contributed by atoms with Crippen LogP contribution >= 0.6 is 0 Å². The summed E-state index contributed by atoms with van der Waals surface area (Å²) in [5.74, 6) is -1.19. The molecule has 0 fully saturated rings. The summed E-state index contributed by atoms with van der Waals surface area (Å²) >= 11 is 0. The Labute approximate surface area is 218 Å². The van der Waals surface area contributed by atoms with Crippen LogP contribution in [0.4, 0.5) is 5.69 Å². The monoisotopic (exact) mass is 537 g/mol. The lowest BCUT2D eigenvalue weighted by molar-refractivity contribution is -0.173. The Morgan fingerprint density at radius 3 is 2.45 bits per heavy atom. The predicted octanol–water partition coefficient (Wildman–Crippen LogP) is 2.13. The molecule has 10 nitrogen and oxygen atoms in total. The van der Waals surface area contributed by atoms with Crippen molar-refractivity contribution in [1.29, 1.82) is 0 Å². The van der Waals surface area contributed by atoms with Gasteiger partial charge in [-0.05, 0) is 55.2 Å². The van der Waals surface area contributed by atoms with Crippen LogP contribution in [0.15, 0.2) is 51.8 Å². The molecular weight excluding hydrogens is 510 g/mol. The van der Waals surface area contributed by atoms with Crippen molar-refractivity contribution in [3.05, 3.63) is 64.5 Å². The molecule has 2 aromatic rings. The lowest BCUT2D eigenvalue weighted by Crippen LogP contribution is -2.46. The van der Waals surface area contributed by atoms with E-state index in [1.54, 1.807) is 19.1 Å². The Kier molecular flexibility index (Phi) is 7.00. The van der Waals surface area contributed by atoms with E-state index in [4.69, 9.17) is 15.6 Å². The number of aromatic carboxylic acids is 1. The number of rotatable bonds is 7. The molecule has 38 heavy (non-hydrogen) atoms. The number of hydrogen-bond donors (Lipinski definition) is 4. The van der Waals surface area contributed by atoms with Gasteiger partial charge in [0, 0.05) is 34.7 Å². The molecule has 4 rings (SSSR count). The van der Waals surface area contributed by atoms with Crippen molar-refractivity contribution in [1.82, 2.24) is 5.32 Å². The van der Waals surface area contributed by atoms with Crippen LogP contribution in [0, 0.1) is 12.8 Å². The quantitative estimate of drug-likeness (QED) is 0.157. The van der Waals surface area contributed by atoms with E-state index in [2.05, 4.69) is 5.32 Å². The summed E-state index contributed by atoms with van der Waals surface area (Å²) in [4.78, 5) is 24.4. The summed E-state index contributed by atoms with van der Waals surface area (Å²) < 4.78 is 42.4. The number of anilines is 1. The van der Waals surface area contributed by atoms with Gasteiger partial charge in [0.25, 0.3) is 5.91 Å². The number of nitrogens with two attached hydrogens (primary N) is 2. The van der Waals surface area contributed by atoms with Crippen LogP contribution in [0.25, 0.3) is 33.4 Å². The smallest absolute Gasteiger partial charge is 0.336 e. The molecule has 0 radical (unpaired) electrons. The van der Waals surface area contributed by atoms with Crippen molar-refractivity contribution in [2.45, 2.75) is 32.1 Å². The zero-order valence-corrected chi connectivity index (χ0v) is 21.8. The van der Waals surface area contributed by atoms with E-state index in [0.29, 0.717) is 34.5 Å². The van der Waals surface area contributed by atoms with Crippen molar-refractivity contribution in [3.63, 3.8) is 0 Å². The van der Waals surface area contributed by atoms with Crippen molar-refractivity contribution < 1.29 is 37.5 Å². The fourth-order valence-corrected chi connectivity index (χ4v) is 5.10. The minimum atomic E-state index is -5.08. The second-order valence-electron chi connectivity index (χ2n) is 9.45. The zero-order valence-electron chi connectivity index (χ0n) is 21.0. The van der Waals surface area contributed by atoms with E-state index >= 15 is 0 Å². The Balaban J connectivity index is 2.06. The summed E-state index contributed by atoms with van der Waals surface area (Å²) in [6.45, 7) is 6.13. The number of amides is 1. The summed E-state index contributed by atoms with van der Waals surface area (Å²) in [7, 11) is -5.08. The first-order valence-electron chi connectivity index (χ1n) is 11.8. The van der Waals surface area contributed by atoms with E-state index in [1.807, 2.05) is 13.8 Å². The van der Waals surface area contributed by atoms with Crippen LogP contribution < -0.4 is 21.8 Å². The van der Waals surface area contributed by atoms with Gasteiger partial charge in [-0.2, -0.15) is 0 Å². The molecule has 1 heterocycles. The first kappa shape index (κ1) is 26.8. The Morgan fingerprint density at radius 2 is 1.82 bits per heavy atom. The van der Waals surface area contributed by atoms with Crippen molar-refractivity contribution in [2.75, 3.05) is 12.3 Å². The van der Waals surface area contributed by atoms with Crippen LogP contribution in [0.3, 0.4) is 0 Å². The topological polar surface area (TPSA) is 188 Å². The third-order valence-electron chi connectivity index (χ3n) is 6.37. The fraction of sp³-hybridized carbons (Fsp3) is 0.222. The molecule has 0 bridgehead atoms. The fourth-order valence-electron chi connectivity index (χ4n) is 4.36. The van der Waals surface area contributed by atoms with Gasteiger partial charge in [0.1, 0.15) is 20.8 Å². The van der Waals surface area contributed by atoms with Gasteiger partial charge in [-0.15, -0.1) is 0 Å². The lowest BCUT2D eigenvalue weighted by Gasteiger charge is -2.21. The van der Waals surface area contributed by atoms with Crippen molar-refractivity contribution in [3.8, 4) is 22.5 Å². The maximum atomic E-state index is 12.7. The average molecular weight is 538 g/mol. The highest BCUT2D eigenvalue weighted by molar-refractivity contribution is 7.86. The minimum absolute atomic E-state index is 0.150. The van der Waals surface area contributed by atoms with Gasteiger partial charge in [-0.1, -0.05) is 19.9 Å². The average Bonchev–Trinajstić information content (AvgIpc) is 2.83. The van der Waals surface area contributed by atoms with Gasteiger partial charge in [0.15, 0.2) is 5.58 Å². The number of carbonyl (C=O) groups excluding carboxylic acids is 1. The van der Waals surface area contributed by atoms with E-state index in [9.17, 15) is 27.7 Å². The highest BCUT2D eigenvalue weighted by atomic mass is 32.2. The number of benzene rings is 3. The second-order valence-corrected chi connectivity index (χ2v) is 10.8. The molecule has 1 amide bonds. The molecule has 6 N–H and O–H groups in total. The number of fused-ring (bicyclic) bond motifs is 2. The standard InChI is InChI=1S/C27H27N3O7S/c1-13(2)10-11-30-26(31)15-4-5-16(19(12-15)27(32)33)22-17-6-8-20(28)14(3)23(17)37-24-18(22)7-9-21(29)25(24)38(34,35)36/h4-9,12-13,28H,10-11,29H2,1-3H3,(H,30,31)(H,32,33)(H,34,35,36). The summed E-state index contributed by atoms with van der Waals surface area (Å²) in [6, 6.07) is 10.2. The van der Waals surface area contributed by atoms with E-state index in [1.165, 1.54) is 30.3 Å². The van der Waals surface area contributed by atoms with Crippen molar-refractivity contribution in [2.24, 2.45) is 5.92 Å². The van der Waals surface area contributed by atoms with Crippen molar-refractivity contribution >= 4 is 38.7 Å². The number of carboxylic acids is 1. The molecule has 1 aliphatic carbocycles. The van der Waals surface area contributed by atoms with Gasteiger partial charge < -0.3 is 25.1 Å². The van der Waals surface area contributed by atoms with Gasteiger partial charge in [0.05, 0.1) is 16.8 Å². The molecule has 0 spiro atoms. The third-order valence-corrected chi connectivity index (χ3v) is 7.29. The number of carbonyl (C=O) groups is 2. The molecule has 2 aromatic carbocycles. The number of nitrogens with one attached hydrogen (secondary N) is 1. The Hall–Kier alpha value is -4.22. The maximum absolute atomic E-state index is 12.7. The molecule has 0 saturated carbocycles. The van der Waals surface area contributed by atoms with Crippen LogP contribution in [0.5, 0.6) is 0 Å². The predicted molar refractivity (Wildman–Crippen MR) is 139 cm³/mol. The Morgan fingerprint density at radius 1 is 1.13 bits per heavy atom. The highest BCUT2D eigenvalue weighted by Gasteiger charge is 2.27. The molecule has 0 atom stereocenters. The van der Waals surface area contributed by atoms with Gasteiger partial charge in [0.2, 0.25) is 5.36 Å². The van der Waals surface area contributed by atoms with Gasteiger partial charge in [-0.25, -0.2) is 13.2 Å². The number of hydrogen-bond acceptors (Lipinski definition) is 7. The molecule has 0 aromatic heterocycles. The van der Waals surface area contributed by atoms with E-state index in [0.717, 1.165) is 6.42 Å². The SMILES string of the molecule is Cc1c2oc3c(S(=O)(=O)[O-])c(N)ccc3c(-c3ccc(C(=O)NCCC(C)C)cc3C(=O)O)c-2ccc1=[NH2+]. The zero-order chi connectivity index (χ0) is 27.9. The molecular formula is C27H27N3O7S. The lowest BCUT2D eigenvalue weighted by atomic mass is 9.88. The highest BCUT2D eigenvalue weighted by Crippen LogP contribution is 2.44. The summed E-state index contributed by atoms with van der Waals surface area (Å²) in [5.41, 5.74) is 6.55. The minimum Gasteiger partial charge on any atom is -0.744 e. The van der Waals surface area contributed by atoms with Crippen LogP contribution in [-0.4, -0.2) is 36.5 Å². The van der Waals surface area contributed by atoms with Gasteiger partial charge >= 0.3 is 5.97 Å². The maximum Gasteiger partial charge on any atom is 0.336 e. The molecule has 198 valence electrons. The molecule has 2 aliphatic rings. The third kappa shape index (κ3) is 4.85. The second kappa shape index (κ2) is 9.92. The van der Waals surface area contributed by atoms with E-state index in [-0.39, 0.29) is 39.1 Å².